The summed E-state index contributed by atoms with van der Waals surface area (Å²) in [6.07, 6.45) is 0.921. The maximum Gasteiger partial charge on any atom is 0.286 e. The average molecular weight is 424 g/mol. The van der Waals surface area contributed by atoms with Crippen molar-refractivity contribution in [2.24, 2.45) is 5.73 Å². The number of methoxy groups -OCH3 is 1. The Labute approximate surface area is 176 Å². The SMILES string of the molecule is COc1ccc2cc(CN(C)C(=O)Cn3cc([N+](=O)[O-])cc(C(N)=O)c3=O)ccc2c1. The van der Waals surface area contributed by atoms with Crippen molar-refractivity contribution < 1.29 is 19.2 Å². The Morgan fingerprint density at radius 1 is 1.16 bits per heavy atom. The van der Waals surface area contributed by atoms with Crippen molar-refractivity contribution in [1.29, 1.82) is 0 Å². The molecule has 10 heteroatoms. The lowest BCUT2D eigenvalue weighted by atomic mass is 10.1. The van der Waals surface area contributed by atoms with Crippen LogP contribution < -0.4 is 16.0 Å². The van der Waals surface area contributed by atoms with Crippen LogP contribution >= 0.6 is 0 Å². The van der Waals surface area contributed by atoms with Gasteiger partial charge in [0.1, 0.15) is 17.9 Å². The first-order valence-electron chi connectivity index (χ1n) is 9.19. The molecule has 0 bridgehead atoms. The number of aromatic nitrogens is 1. The van der Waals surface area contributed by atoms with Crippen molar-refractivity contribution >= 4 is 28.3 Å². The van der Waals surface area contributed by atoms with E-state index in [2.05, 4.69) is 0 Å². The second-order valence-corrected chi connectivity index (χ2v) is 6.96. The number of hydrogen-bond donors (Lipinski definition) is 1. The summed E-state index contributed by atoms with van der Waals surface area (Å²) < 4.78 is 6.03. The van der Waals surface area contributed by atoms with Crippen LogP contribution in [0.3, 0.4) is 0 Å². The fourth-order valence-electron chi connectivity index (χ4n) is 3.14. The molecule has 1 heterocycles. The molecule has 0 atom stereocenters. The summed E-state index contributed by atoms with van der Waals surface area (Å²) in [4.78, 5) is 48.1. The van der Waals surface area contributed by atoms with Crippen molar-refractivity contribution in [1.82, 2.24) is 9.47 Å². The number of hydrogen-bond acceptors (Lipinski definition) is 6. The number of rotatable bonds is 7. The molecule has 2 aromatic carbocycles. The summed E-state index contributed by atoms with van der Waals surface area (Å²) in [6, 6.07) is 12.2. The van der Waals surface area contributed by atoms with Crippen molar-refractivity contribution in [3.63, 3.8) is 0 Å². The zero-order valence-corrected chi connectivity index (χ0v) is 16.9. The van der Waals surface area contributed by atoms with Crippen LogP contribution in [-0.4, -0.2) is 40.4 Å². The molecule has 0 aliphatic heterocycles. The predicted octanol–water partition coefficient (Wildman–Crippen LogP) is 1.68. The largest absolute Gasteiger partial charge is 0.497 e. The van der Waals surface area contributed by atoms with Crippen molar-refractivity contribution in [2.45, 2.75) is 13.1 Å². The summed E-state index contributed by atoms with van der Waals surface area (Å²) in [6.45, 7) is -0.213. The summed E-state index contributed by atoms with van der Waals surface area (Å²) in [5, 5.41) is 13.0. The third-order valence-electron chi connectivity index (χ3n) is 4.81. The van der Waals surface area contributed by atoms with E-state index in [9.17, 15) is 24.5 Å². The van der Waals surface area contributed by atoms with E-state index in [-0.39, 0.29) is 6.54 Å². The van der Waals surface area contributed by atoms with Crippen LogP contribution in [0.2, 0.25) is 0 Å². The highest BCUT2D eigenvalue weighted by atomic mass is 16.6. The number of carbonyl (C=O) groups is 2. The van der Waals surface area contributed by atoms with Crippen LogP contribution in [0, 0.1) is 10.1 Å². The summed E-state index contributed by atoms with van der Waals surface area (Å²) >= 11 is 0. The minimum atomic E-state index is -1.10. The smallest absolute Gasteiger partial charge is 0.286 e. The summed E-state index contributed by atoms with van der Waals surface area (Å²) in [7, 11) is 3.15. The third kappa shape index (κ3) is 4.69. The van der Waals surface area contributed by atoms with Crippen molar-refractivity contribution in [2.75, 3.05) is 14.2 Å². The van der Waals surface area contributed by atoms with E-state index >= 15 is 0 Å². The Kier molecular flexibility index (Phi) is 6.00. The Hall–Kier alpha value is -4.21. The number of nitrogens with two attached hydrogens (primary N) is 1. The molecule has 0 aliphatic carbocycles. The van der Waals surface area contributed by atoms with Crippen LogP contribution in [0.25, 0.3) is 10.8 Å². The number of benzene rings is 2. The molecule has 10 nitrogen and oxygen atoms in total. The topological polar surface area (TPSA) is 138 Å². The van der Waals surface area contributed by atoms with Gasteiger partial charge in [-0.1, -0.05) is 18.2 Å². The van der Waals surface area contributed by atoms with Gasteiger partial charge in [0.2, 0.25) is 5.91 Å². The average Bonchev–Trinajstić information content (AvgIpc) is 2.74. The fraction of sp³-hybridized carbons (Fsp3) is 0.190. The number of pyridine rings is 1. The second-order valence-electron chi connectivity index (χ2n) is 6.96. The van der Waals surface area contributed by atoms with Gasteiger partial charge < -0.3 is 15.4 Å². The maximum atomic E-state index is 12.6. The van der Waals surface area contributed by atoms with Crippen LogP contribution in [-0.2, 0) is 17.9 Å². The fourth-order valence-corrected chi connectivity index (χ4v) is 3.14. The molecule has 2 amide bonds. The van der Waals surface area contributed by atoms with Crippen LogP contribution in [0.5, 0.6) is 5.75 Å². The van der Waals surface area contributed by atoms with Gasteiger partial charge in [0.05, 0.1) is 18.2 Å². The lowest BCUT2D eigenvalue weighted by molar-refractivity contribution is -0.385. The number of amides is 2. The Morgan fingerprint density at radius 2 is 1.84 bits per heavy atom. The molecule has 160 valence electrons. The Balaban J connectivity index is 1.81. The number of likely N-dealkylation sites (N-methyl/N-ethyl adjacent to an activating group) is 1. The molecule has 3 aromatic rings. The van der Waals surface area contributed by atoms with E-state index in [0.29, 0.717) is 0 Å². The highest BCUT2D eigenvalue weighted by Gasteiger charge is 2.20. The molecule has 0 unspecified atom stereocenters. The highest BCUT2D eigenvalue weighted by molar-refractivity contribution is 5.93. The van der Waals surface area contributed by atoms with E-state index in [4.69, 9.17) is 10.5 Å². The van der Waals surface area contributed by atoms with Crippen LogP contribution in [0.4, 0.5) is 5.69 Å². The Bertz CT molecular complexity index is 1250. The van der Waals surface area contributed by atoms with Crippen molar-refractivity contribution in [3.8, 4) is 5.75 Å². The number of carbonyl (C=O) groups excluding carboxylic acids is 2. The van der Waals surface area contributed by atoms with E-state index in [1.54, 1.807) is 14.2 Å². The zero-order valence-electron chi connectivity index (χ0n) is 16.9. The number of primary amides is 1. The molecule has 0 radical (unpaired) electrons. The molecule has 0 spiro atoms. The van der Waals surface area contributed by atoms with E-state index in [1.165, 1.54) is 4.90 Å². The number of ether oxygens (including phenoxy) is 1. The zero-order chi connectivity index (χ0) is 22.7. The minimum Gasteiger partial charge on any atom is -0.497 e. The molecular weight excluding hydrogens is 404 g/mol. The Morgan fingerprint density at radius 3 is 2.48 bits per heavy atom. The third-order valence-corrected chi connectivity index (χ3v) is 4.81. The van der Waals surface area contributed by atoms with Gasteiger partial charge in [-0.2, -0.15) is 0 Å². The summed E-state index contributed by atoms with van der Waals surface area (Å²) in [5.41, 5.74) is 4.08. The second kappa shape index (κ2) is 8.66. The minimum absolute atomic E-state index is 0.257. The molecule has 0 aliphatic rings. The van der Waals surface area contributed by atoms with E-state index in [0.717, 1.165) is 38.9 Å². The van der Waals surface area contributed by atoms with Gasteiger partial charge >= 0.3 is 0 Å². The maximum absolute atomic E-state index is 12.6. The van der Waals surface area contributed by atoms with Gasteiger partial charge in [-0.3, -0.25) is 29.1 Å². The van der Waals surface area contributed by atoms with Crippen LogP contribution in [0.1, 0.15) is 15.9 Å². The number of nitro groups is 1. The molecule has 0 saturated carbocycles. The first-order chi connectivity index (χ1) is 14.7. The van der Waals surface area contributed by atoms with Gasteiger partial charge in [0.25, 0.3) is 17.2 Å². The molecule has 0 fully saturated rings. The van der Waals surface area contributed by atoms with E-state index < -0.39 is 40.1 Å². The first-order valence-corrected chi connectivity index (χ1v) is 9.19. The number of fused-ring (bicyclic) bond motifs is 1. The first kappa shape index (κ1) is 21.5. The molecule has 1 aromatic heterocycles. The highest BCUT2D eigenvalue weighted by Crippen LogP contribution is 2.22. The molecule has 3 rings (SSSR count). The van der Waals surface area contributed by atoms with Gasteiger partial charge in [-0.25, -0.2) is 0 Å². The van der Waals surface area contributed by atoms with Gasteiger partial charge in [-0.05, 0) is 34.5 Å². The normalized spacial score (nSPS) is 10.6. The quantitative estimate of drug-likeness (QED) is 0.452. The molecular formula is C21H20N4O6. The molecule has 31 heavy (non-hydrogen) atoms. The van der Waals surface area contributed by atoms with Gasteiger partial charge in [-0.15, -0.1) is 0 Å². The lowest BCUT2D eigenvalue weighted by Crippen LogP contribution is -2.36. The molecule has 0 saturated heterocycles. The standard InChI is InChI=1S/C21H20N4O6/c1-23(10-13-3-4-15-8-17(31-2)6-5-14(15)7-13)19(26)12-24-11-16(25(29)30)9-18(20(22)27)21(24)28/h3-9,11H,10,12H2,1-2H3,(H2,22,27). The predicted molar refractivity (Wildman–Crippen MR) is 113 cm³/mol. The molecule has 2 N–H and O–H groups in total. The monoisotopic (exact) mass is 424 g/mol. The lowest BCUT2D eigenvalue weighted by Gasteiger charge is -2.18. The van der Waals surface area contributed by atoms with Gasteiger partial charge in [0, 0.05) is 19.7 Å². The van der Waals surface area contributed by atoms with Crippen LogP contribution in [0.15, 0.2) is 53.5 Å². The van der Waals surface area contributed by atoms with Crippen molar-refractivity contribution in [3.05, 3.63) is 80.3 Å². The summed E-state index contributed by atoms with van der Waals surface area (Å²) in [5.74, 6) is -0.825. The number of nitrogens with zero attached hydrogens (tertiary/aromatic N) is 3. The van der Waals surface area contributed by atoms with E-state index in [1.807, 2.05) is 36.4 Å². The van der Waals surface area contributed by atoms with Gasteiger partial charge in [0.15, 0.2) is 0 Å².